The van der Waals surface area contributed by atoms with E-state index in [-0.39, 0.29) is 29.8 Å². The number of carbonyl (C=O) groups is 2. The molecule has 13 heteroatoms. The van der Waals surface area contributed by atoms with Crippen LogP contribution in [0.25, 0.3) is 11.1 Å². The predicted octanol–water partition coefficient (Wildman–Crippen LogP) is 9.40. The van der Waals surface area contributed by atoms with Crippen molar-refractivity contribution in [1.29, 1.82) is 5.41 Å². The number of rotatable bonds is 17. The predicted molar refractivity (Wildman–Crippen MR) is 294 cm³/mol. The Hall–Kier alpha value is -6.44. The van der Waals surface area contributed by atoms with E-state index in [0.717, 1.165) is 82.1 Å². The van der Waals surface area contributed by atoms with Crippen LogP contribution in [0.2, 0.25) is 0 Å². The van der Waals surface area contributed by atoms with Crippen LogP contribution in [0, 0.1) is 19.3 Å². The lowest BCUT2D eigenvalue weighted by molar-refractivity contribution is 0.0930. The Labute approximate surface area is 423 Å². The van der Waals surface area contributed by atoms with Crippen LogP contribution in [0.4, 0.5) is 17.1 Å². The summed E-state index contributed by atoms with van der Waals surface area (Å²) < 4.78 is 5.66. The second-order valence-corrected chi connectivity index (χ2v) is 20.5. The summed E-state index contributed by atoms with van der Waals surface area (Å²) in [5.74, 6) is 0.563. The minimum Gasteiger partial charge on any atom is -0.497 e. The lowest BCUT2D eigenvalue weighted by atomic mass is 9.92. The standard InChI is InChI=1S/C58H78N10O3/c1-35(2)42-18-43(40(7)63-57(69)54-24-49(15-14-36(54)3)68-33-50-16-17-51(34-68)66(50)12)20-45(19-42)48(29-61-10)30-62-56-26-52(67-31-37(4)65(11)38(5)32-67)25-55(39(56)6)58(70)64-41(8)44-21-46(23-53(22-44)71-13)47(27-59)28-60-9/h14-15,18-30,35,37-38,40-41,50-51,59-61H,16-17,31-34H2,1-13H3,(H,63,69)(H,64,70)/b47-28+,48-29+,59-27?,62-30+/t37-,38+,40-,41-,50-,51+/m1/s1. The number of ether oxygens (including phenoxy) is 1. The van der Waals surface area contributed by atoms with E-state index >= 15 is 0 Å². The lowest BCUT2D eigenvalue weighted by Crippen LogP contribution is -2.55. The Balaban J connectivity index is 1.19. The highest BCUT2D eigenvalue weighted by Crippen LogP contribution is 2.35. The Morgan fingerprint density at radius 3 is 1.83 bits per heavy atom. The quantitative estimate of drug-likeness (QED) is 0.0655. The summed E-state index contributed by atoms with van der Waals surface area (Å²) in [6, 6.07) is 23.8. The molecule has 3 heterocycles. The number of piperazine rings is 2. The first kappa shape index (κ1) is 52.4. The van der Waals surface area contributed by atoms with Crippen molar-refractivity contribution in [2.24, 2.45) is 4.99 Å². The SMILES string of the molecule is CN/C=C(\C=N)c1cc(OC)cc([C@@H](C)NC(=O)c2cc(N3C[C@@H](C)N(C)[C@@H](C)C3)cc(/N=C/C(=C\NC)c3cc(C(C)C)cc([C@@H](C)NC(=O)c4cc(N5C[C@H]6CC[C@@H](C5)N6C)ccc4C)c3)c2C)c1. The van der Waals surface area contributed by atoms with Crippen LogP contribution in [0.3, 0.4) is 0 Å². The fourth-order valence-corrected chi connectivity index (χ4v) is 10.4. The molecule has 378 valence electrons. The van der Waals surface area contributed by atoms with Crippen LogP contribution < -0.4 is 35.8 Å². The summed E-state index contributed by atoms with van der Waals surface area (Å²) in [7, 11) is 9.71. The fraction of sp³-hybridized carbons (Fsp3) is 0.448. The number of likely N-dealkylation sites (N-methyl/N-ethyl adjacent to an activating group) is 2. The van der Waals surface area contributed by atoms with Gasteiger partial charge in [0.25, 0.3) is 11.8 Å². The third-order valence-electron chi connectivity index (χ3n) is 15.3. The van der Waals surface area contributed by atoms with E-state index in [1.165, 1.54) is 19.1 Å². The monoisotopic (exact) mass is 963 g/mol. The number of benzene rings is 4. The fourth-order valence-electron chi connectivity index (χ4n) is 10.4. The van der Waals surface area contributed by atoms with Crippen LogP contribution in [-0.4, -0.2) is 120 Å². The Kier molecular flexibility index (Phi) is 16.8. The molecule has 71 heavy (non-hydrogen) atoms. The van der Waals surface area contributed by atoms with Gasteiger partial charge in [0.15, 0.2) is 0 Å². The second kappa shape index (κ2) is 22.8. The molecule has 0 aromatic heterocycles. The maximum absolute atomic E-state index is 14.6. The first-order chi connectivity index (χ1) is 33.9. The highest BCUT2D eigenvalue weighted by Gasteiger charge is 2.38. The van der Waals surface area contributed by atoms with Gasteiger partial charge in [0.1, 0.15) is 5.75 Å². The number of hydrogen-bond acceptors (Lipinski definition) is 11. The maximum atomic E-state index is 14.6. The number of allylic oxidation sites excluding steroid dienone is 2. The van der Waals surface area contributed by atoms with Gasteiger partial charge in [0.2, 0.25) is 0 Å². The van der Waals surface area contributed by atoms with E-state index in [0.29, 0.717) is 52.3 Å². The molecule has 0 spiro atoms. The molecule has 3 aliphatic heterocycles. The minimum atomic E-state index is -0.386. The number of nitrogens with one attached hydrogen (secondary N) is 5. The van der Waals surface area contributed by atoms with Crippen molar-refractivity contribution < 1.29 is 14.3 Å². The average Bonchev–Trinajstić information content (AvgIpc) is 3.53. The summed E-state index contributed by atoms with van der Waals surface area (Å²) in [6.45, 7) is 20.4. The van der Waals surface area contributed by atoms with Crippen LogP contribution in [-0.2, 0) is 0 Å². The van der Waals surface area contributed by atoms with Crippen LogP contribution in [0.15, 0.2) is 84.1 Å². The Morgan fingerprint density at radius 1 is 0.690 bits per heavy atom. The van der Waals surface area contributed by atoms with Crippen molar-refractivity contribution in [3.63, 3.8) is 0 Å². The minimum absolute atomic E-state index is 0.0846. The zero-order chi connectivity index (χ0) is 51.3. The highest BCUT2D eigenvalue weighted by atomic mass is 16.5. The van der Waals surface area contributed by atoms with E-state index in [1.54, 1.807) is 20.4 Å². The normalized spacial score (nSPS) is 20.8. The first-order valence-electron chi connectivity index (χ1n) is 25.4. The number of amides is 2. The molecule has 5 N–H and O–H groups in total. The Morgan fingerprint density at radius 2 is 1.24 bits per heavy atom. The number of nitrogens with zero attached hydrogens (tertiary/aromatic N) is 5. The summed E-state index contributed by atoms with van der Waals surface area (Å²) in [6.07, 6.45) is 9.35. The molecule has 0 unspecified atom stereocenters. The number of methoxy groups -OCH3 is 1. The van der Waals surface area contributed by atoms with Gasteiger partial charge in [-0.1, -0.05) is 32.0 Å². The molecule has 6 atom stereocenters. The summed E-state index contributed by atoms with van der Waals surface area (Å²) >= 11 is 0. The molecule has 0 radical (unpaired) electrons. The van der Waals surface area contributed by atoms with Gasteiger partial charge in [-0.3, -0.25) is 24.4 Å². The molecule has 7 rings (SSSR count). The summed E-state index contributed by atoms with van der Waals surface area (Å²) in [5, 5.41) is 20.9. The molecule has 4 aromatic rings. The third-order valence-corrected chi connectivity index (χ3v) is 15.3. The number of fused-ring (bicyclic) bond motifs is 2. The number of aliphatic imine (C=N–C) groups is 1. The molecule has 0 saturated carbocycles. The van der Waals surface area contributed by atoms with Crippen molar-refractivity contribution in [2.75, 3.05) is 71.3 Å². The molecular formula is C58H78N10O3. The van der Waals surface area contributed by atoms with Gasteiger partial charge in [-0.05, 0) is 162 Å². The van der Waals surface area contributed by atoms with Crippen molar-refractivity contribution in [1.82, 2.24) is 31.1 Å². The Bertz CT molecular complexity index is 2660. The van der Waals surface area contributed by atoms with Gasteiger partial charge in [-0.25, -0.2) is 0 Å². The third kappa shape index (κ3) is 11.9. The van der Waals surface area contributed by atoms with Crippen LogP contribution in [0.5, 0.6) is 5.75 Å². The molecule has 3 aliphatic rings. The molecule has 3 saturated heterocycles. The molecular weight excluding hydrogens is 885 g/mol. The number of anilines is 2. The van der Waals surface area contributed by atoms with Gasteiger partial charge < -0.3 is 41.2 Å². The van der Waals surface area contributed by atoms with E-state index in [9.17, 15) is 9.59 Å². The van der Waals surface area contributed by atoms with Crippen LogP contribution in [0.1, 0.15) is 132 Å². The first-order valence-corrected chi connectivity index (χ1v) is 25.4. The number of carbonyl (C=O) groups excluding carboxylic acids is 2. The van der Waals surface area contributed by atoms with Gasteiger partial charge in [0, 0.05) is 123 Å². The average molecular weight is 963 g/mol. The molecule has 0 aliphatic carbocycles. The summed E-state index contributed by atoms with van der Waals surface area (Å²) in [5.41, 5.74) is 12.0. The maximum Gasteiger partial charge on any atom is 0.252 e. The molecule has 4 aromatic carbocycles. The zero-order valence-electron chi connectivity index (χ0n) is 44.4. The molecule has 2 bridgehead atoms. The second-order valence-electron chi connectivity index (χ2n) is 20.5. The van der Waals surface area contributed by atoms with Gasteiger partial charge in [-0.15, -0.1) is 0 Å². The van der Waals surface area contributed by atoms with E-state index in [1.807, 2.05) is 64.5 Å². The lowest BCUT2D eigenvalue weighted by Gasteiger charge is -2.43. The molecule has 3 fully saturated rings. The van der Waals surface area contributed by atoms with Crippen molar-refractivity contribution in [3.8, 4) is 5.75 Å². The zero-order valence-corrected chi connectivity index (χ0v) is 44.4. The van der Waals surface area contributed by atoms with Crippen molar-refractivity contribution >= 4 is 52.5 Å². The van der Waals surface area contributed by atoms with Crippen molar-refractivity contribution in [2.45, 2.75) is 110 Å². The molecule has 2 amide bonds. The van der Waals surface area contributed by atoms with Gasteiger partial charge in [-0.2, -0.15) is 0 Å². The van der Waals surface area contributed by atoms with Gasteiger partial charge in [0.05, 0.1) is 24.9 Å². The van der Waals surface area contributed by atoms with Crippen LogP contribution >= 0.6 is 0 Å². The number of aryl methyl sites for hydroxylation is 1. The van der Waals surface area contributed by atoms with E-state index in [4.69, 9.17) is 15.1 Å². The van der Waals surface area contributed by atoms with E-state index in [2.05, 4.69) is 132 Å². The van der Waals surface area contributed by atoms with E-state index < -0.39 is 0 Å². The molecule has 13 nitrogen and oxygen atoms in total. The highest BCUT2D eigenvalue weighted by molar-refractivity contribution is 6.11. The van der Waals surface area contributed by atoms with Crippen molar-refractivity contribution in [3.05, 3.63) is 129 Å². The number of hydrogen-bond donors (Lipinski definition) is 5. The topological polar surface area (TPSA) is 141 Å². The van der Waals surface area contributed by atoms with Gasteiger partial charge >= 0.3 is 0 Å². The smallest absolute Gasteiger partial charge is 0.252 e. The largest absolute Gasteiger partial charge is 0.497 e. The summed E-state index contributed by atoms with van der Waals surface area (Å²) in [4.78, 5) is 43.7.